The topological polar surface area (TPSA) is 30.9 Å². The average Bonchev–Trinajstić information content (AvgIpc) is 3.60. The first-order valence-corrected chi connectivity index (χ1v) is 15.5. The molecule has 2 aromatic heterocycles. The van der Waals surface area contributed by atoms with E-state index in [1.54, 1.807) is 0 Å². The predicted octanol–water partition coefficient (Wildman–Crippen LogP) is 11.0. The second kappa shape index (κ2) is 9.20. The number of nitrogen functional groups attached to an aromatic ring is 1. The predicted molar refractivity (Wildman–Crippen MR) is 183 cm³/mol. The minimum Gasteiger partial charge on any atom is -0.384 e. The van der Waals surface area contributed by atoms with Crippen LogP contribution in [0.15, 0.2) is 109 Å². The van der Waals surface area contributed by atoms with Crippen LogP contribution in [0, 0.1) is 0 Å². The molecule has 0 fully saturated rings. The fourth-order valence-corrected chi connectivity index (χ4v) is 8.14. The highest BCUT2D eigenvalue weighted by Gasteiger charge is 2.35. The monoisotopic (exact) mass is 560 g/mol. The third-order valence-electron chi connectivity index (χ3n) is 9.10. The minimum absolute atomic E-state index is 0.0269. The molecule has 1 aliphatic rings. The van der Waals surface area contributed by atoms with Crippen LogP contribution in [0.2, 0.25) is 0 Å². The molecule has 0 saturated carbocycles. The number of allylic oxidation sites excluding steroid dienone is 1. The van der Waals surface area contributed by atoms with Gasteiger partial charge >= 0.3 is 0 Å². The van der Waals surface area contributed by atoms with Gasteiger partial charge in [0.15, 0.2) is 0 Å². The zero-order valence-corrected chi connectivity index (χ0v) is 24.9. The van der Waals surface area contributed by atoms with Crippen LogP contribution in [0.25, 0.3) is 65.1 Å². The maximum Gasteiger partial charge on any atom is 0.116 e. The van der Waals surface area contributed by atoms with Gasteiger partial charge < -0.3 is 5.73 Å². The summed E-state index contributed by atoms with van der Waals surface area (Å²) in [6, 6.07) is 38.1. The zero-order chi connectivity index (χ0) is 28.6. The highest BCUT2D eigenvalue weighted by molar-refractivity contribution is 7.25. The fourth-order valence-electron chi connectivity index (χ4n) is 6.96. The number of nitrogens with zero attached hydrogens (tertiary/aromatic N) is 1. The highest BCUT2D eigenvalue weighted by atomic mass is 32.1. The van der Waals surface area contributed by atoms with E-state index in [0.717, 1.165) is 29.0 Å². The van der Waals surface area contributed by atoms with Gasteiger partial charge in [-0.15, -0.1) is 11.3 Å². The van der Waals surface area contributed by atoms with Crippen molar-refractivity contribution in [1.29, 1.82) is 0 Å². The molecule has 0 amide bonds. The smallest absolute Gasteiger partial charge is 0.116 e. The van der Waals surface area contributed by atoms with Gasteiger partial charge in [-0.05, 0) is 70.1 Å². The zero-order valence-electron chi connectivity index (χ0n) is 24.1. The second-order valence-corrected chi connectivity index (χ2v) is 13.0. The molecule has 0 radical (unpaired) electrons. The largest absolute Gasteiger partial charge is 0.384 e. The van der Waals surface area contributed by atoms with E-state index in [9.17, 15) is 0 Å². The van der Waals surface area contributed by atoms with Crippen molar-refractivity contribution < 1.29 is 0 Å². The van der Waals surface area contributed by atoms with Gasteiger partial charge in [-0.3, -0.25) is 4.57 Å². The molecule has 7 aromatic rings. The summed E-state index contributed by atoms with van der Waals surface area (Å²) in [5.74, 6) is 0.782. The number of anilines is 1. The molecule has 3 heteroatoms. The van der Waals surface area contributed by atoms with E-state index in [0.29, 0.717) is 0 Å². The Morgan fingerprint density at radius 3 is 2.26 bits per heavy atom. The van der Waals surface area contributed by atoms with Crippen LogP contribution in [0.1, 0.15) is 43.9 Å². The number of aromatic nitrogens is 1. The Hall–Kier alpha value is -4.60. The molecule has 0 unspecified atom stereocenters. The molecular formula is C39H32N2S. The molecule has 0 atom stereocenters. The molecule has 0 bridgehead atoms. The van der Waals surface area contributed by atoms with Gasteiger partial charge in [0.1, 0.15) is 5.82 Å². The minimum atomic E-state index is 0.0269. The summed E-state index contributed by atoms with van der Waals surface area (Å²) in [5, 5.41) is 3.77. The Labute approximate surface area is 250 Å². The third-order valence-corrected chi connectivity index (χ3v) is 10.2. The summed E-state index contributed by atoms with van der Waals surface area (Å²) in [5.41, 5.74) is 18.2. The molecule has 204 valence electrons. The summed E-state index contributed by atoms with van der Waals surface area (Å²) in [4.78, 5) is 0. The van der Waals surface area contributed by atoms with Gasteiger partial charge in [-0.2, -0.15) is 0 Å². The number of para-hydroxylation sites is 1. The Morgan fingerprint density at radius 1 is 0.714 bits per heavy atom. The Balaban J connectivity index is 1.24. The van der Waals surface area contributed by atoms with Crippen molar-refractivity contribution in [1.82, 2.24) is 4.57 Å². The van der Waals surface area contributed by atoms with Crippen molar-refractivity contribution in [3.05, 3.63) is 126 Å². The molecule has 2 heterocycles. The number of nitrogens with two attached hydrogens (primary N) is 1. The van der Waals surface area contributed by atoms with E-state index < -0.39 is 0 Å². The molecule has 2 nitrogen and oxygen atoms in total. The first-order chi connectivity index (χ1) is 20.5. The van der Waals surface area contributed by atoms with E-state index in [1.165, 1.54) is 58.9 Å². The Kier molecular flexibility index (Phi) is 5.51. The standard InChI is InChI=1S/C39H32N2S/c1-4-5-10-31-28-12-7-9-14-35(28)41(38(31)40)26-17-19-30-29-18-15-25(22-36(29)42-37(30)23-26)24-16-20-34-32(21-24)27-11-6-8-13-33(27)39(34,2)3/h5-23H,4,40H2,1-3H3/b10-5-. The second-order valence-electron chi connectivity index (χ2n) is 11.9. The van der Waals surface area contributed by atoms with Crippen LogP contribution in [0.5, 0.6) is 0 Å². The third kappa shape index (κ3) is 3.57. The summed E-state index contributed by atoms with van der Waals surface area (Å²) >= 11 is 1.86. The first-order valence-electron chi connectivity index (χ1n) is 14.7. The maximum atomic E-state index is 6.79. The Bertz CT molecular complexity index is 2220. The number of benzene rings is 5. The molecule has 42 heavy (non-hydrogen) atoms. The van der Waals surface area contributed by atoms with Crippen LogP contribution >= 0.6 is 11.3 Å². The SMILES string of the molecule is CC/C=C\c1c(N)n(-c2ccc3c(c2)sc2cc(-c4ccc5c(c4)-c4ccccc4C5(C)C)ccc23)c2ccccc12. The van der Waals surface area contributed by atoms with E-state index in [-0.39, 0.29) is 5.41 Å². The molecule has 8 rings (SSSR count). The lowest BCUT2D eigenvalue weighted by molar-refractivity contribution is 0.660. The van der Waals surface area contributed by atoms with E-state index in [2.05, 4.69) is 141 Å². The number of hydrogen-bond donors (Lipinski definition) is 1. The van der Waals surface area contributed by atoms with Crippen LogP contribution in [0.4, 0.5) is 5.82 Å². The first kappa shape index (κ1) is 25.1. The van der Waals surface area contributed by atoms with E-state index >= 15 is 0 Å². The van der Waals surface area contributed by atoms with Gasteiger partial charge in [0.25, 0.3) is 0 Å². The van der Waals surface area contributed by atoms with Crippen molar-refractivity contribution in [2.45, 2.75) is 32.6 Å². The molecule has 0 spiro atoms. The van der Waals surface area contributed by atoms with Crippen molar-refractivity contribution in [3.63, 3.8) is 0 Å². The van der Waals surface area contributed by atoms with Crippen LogP contribution in [-0.2, 0) is 5.41 Å². The van der Waals surface area contributed by atoms with Crippen molar-refractivity contribution >= 4 is 54.3 Å². The van der Waals surface area contributed by atoms with Gasteiger partial charge in [0.2, 0.25) is 0 Å². The molecular weight excluding hydrogens is 529 g/mol. The number of hydrogen-bond acceptors (Lipinski definition) is 2. The average molecular weight is 561 g/mol. The fraction of sp³-hybridized carbons (Fsp3) is 0.128. The summed E-state index contributed by atoms with van der Waals surface area (Å²) in [6.45, 7) is 6.82. The number of rotatable bonds is 4. The quantitative estimate of drug-likeness (QED) is 0.228. The van der Waals surface area contributed by atoms with Crippen LogP contribution in [0.3, 0.4) is 0 Å². The molecule has 0 saturated heterocycles. The van der Waals surface area contributed by atoms with Gasteiger partial charge in [-0.1, -0.05) is 106 Å². The summed E-state index contributed by atoms with van der Waals surface area (Å²) in [6.07, 6.45) is 5.31. The lowest BCUT2D eigenvalue weighted by Gasteiger charge is -2.21. The van der Waals surface area contributed by atoms with Gasteiger partial charge in [0.05, 0.1) is 5.52 Å². The normalized spacial score (nSPS) is 13.9. The van der Waals surface area contributed by atoms with Crippen molar-refractivity contribution in [2.24, 2.45) is 0 Å². The molecule has 0 aliphatic heterocycles. The summed E-state index contributed by atoms with van der Waals surface area (Å²) in [7, 11) is 0. The molecule has 2 N–H and O–H groups in total. The Morgan fingerprint density at radius 2 is 1.40 bits per heavy atom. The highest BCUT2D eigenvalue weighted by Crippen LogP contribution is 2.49. The number of thiophene rings is 1. The molecule has 5 aromatic carbocycles. The van der Waals surface area contributed by atoms with E-state index in [1.807, 2.05) is 11.3 Å². The van der Waals surface area contributed by atoms with Gasteiger partial charge in [-0.25, -0.2) is 0 Å². The maximum absolute atomic E-state index is 6.79. The van der Waals surface area contributed by atoms with Crippen LogP contribution < -0.4 is 5.73 Å². The molecule has 1 aliphatic carbocycles. The van der Waals surface area contributed by atoms with Crippen molar-refractivity contribution in [2.75, 3.05) is 5.73 Å². The summed E-state index contributed by atoms with van der Waals surface area (Å²) < 4.78 is 4.77. The lowest BCUT2D eigenvalue weighted by atomic mass is 9.82. The van der Waals surface area contributed by atoms with E-state index in [4.69, 9.17) is 5.73 Å². The number of fused-ring (bicyclic) bond motifs is 7. The van der Waals surface area contributed by atoms with Gasteiger partial charge in [0, 0.05) is 42.2 Å². The van der Waals surface area contributed by atoms with Crippen LogP contribution in [-0.4, -0.2) is 4.57 Å². The van der Waals surface area contributed by atoms with Crippen molar-refractivity contribution in [3.8, 4) is 27.9 Å². The lowest BCUT2D eigenvalue weighted by Crippen LogP contribution is -2.14.